The Bertz CT molecular complexity index is 389. The van der Waals surface area contributed by atoms with E-state index in [1.165, 1.54) is 5.57 Å². The second kappa shape index (κ2) is 4.50. The monoisotopic (exact) mass is 234 g/mol. The molecule has 0 aromatic heterocycles. The molecular formula is C13H18N2O2. The number of nitrogens with zero attached hydrogens (tertiary/aromatic N) is 2. The van der Waals surface area contributed by atoms with Crippen molar-refractivity contribution in [2.24, 2.45) is 5.92 Å². The molecule has 0 unspecified atom stereocenters. The largest absolute Gasteiger partial charge is 0.363 e. The molecule has 0 aliphatic carbocycles. The first-order valence-corrected chi connectivity index (χ1v) is 6.04. The van der Waals surface area contributed by atoms with Gasteiger partial charge in [0.1, 0.15) is 13.2 Å². The van der Waals surface area contributed by atoms with E-state index in [2.05, 4.69) is 24.8 Å². The first-order chi connectivity index (χ1) is 8.09. The van der Waals surface area contributed by atoms with E-state index in [1.54, 1.807) is 4.90 Å². The van der Waals surface area contributed by atoms with Crippen molar-refractivity contribution < 1.29 is 9.53 Å². The molecule has 0 spiro atoms. The van der Waals surface area contributed by atoms with Gasteiger partial charge in [-0.15, -0.1) is 0 Å². The molecule has 0 atom stereocenters. The van der Waals surface area contributed by atoms with E-state index in [0.717, 1.165) is 13.0 Å². The normalized spacial score (nSPS) is 22.7. The minimum Gasteiger partial charge on any atom is -0.363 e. The predicted molar refractivity (Wildman–Crippen MR) is 64.3 cm³/mol. The fourth-order valence-corrected chi connectivity index (χ4v) is 2.22. The van der Waals surface area contributed by atoms with Crippen LogP contribution in [0.3, 0.4) is 0 Å². The van der Waals surface area contributed by atoms with Crippen molar-refractivity contribution in [2.75, 3.05) is 26.3 Å². The van der Waals surface area contributed by atoms with Crippen molar-refractivity contribution in [3.63, 3.8) is 0 Å². The minimum absolute atomic E-state index is 0.0576. The van der Waals surface area contributed by atoms with Crippen LogP contribution in [0.25, 0.3) is 4.85 Å². The zero-order valence-corrected chi connectivity index (χ0v) is 10.4. The van der Waals surface area contributed by atoms with E-state index in [1.807, 2.05) is 0 Å². The molecule has 1 fully saturated rings. The summed E-state index contributed by atoms with van der Waals surface area (Å²) >= 11 is 0. The molecule has 0 saturated carbocycles. The first kappa shape index (κ1) is 12.1. The molecule has 2 aliphatic heterocycles. The Morgan fingerprint density at radius 1 is 1.59 bits per heavy atom. The van der Waals surface area contributed by atoms with E-state index in [4.69, 9.17) is 11.3 Å². The second-order valence-electron chi connectivity index (χ2n) is 5.07. The number of rotatable bonds is 2. The molecule has 0 bridgehead atoms. The molecule has 92 valence electrons. The molecule has 1 amide bonds. The molecule has 0 aromatic carbocycles. The highest BCUT2D eigenvalue weighted by molar-refractivity contribution is 5.90. The van der Waals surface area contributed by atoms with Crippen LogP contribution in [0.2, 0.25) is 0 Å². The summed E-state index contributed by atoms with van der Waals surface area (Å²) in [7, 11) is 0. The predicted octanol–water partition coefficient (Wildman–Crippen LogP) is 1.49. The lowest BCUT2D eigenvalue weighted by atomic mass is 9.93. The summed E-state index contributed by atoms with van der Waals surface area (Å²) in [4.78, 5) is 17.5. The highest BCUT2D eigenvalue weighted by Gasteiger charge is 2.55. The molecule has 2 rings (SSSR count). The summed E-state index contributed by atoms with van der Waals surface area (Å²) in [6.07, 6.45) is 3.06. The molecule has 0 radical (unpaired) electrons. The Labute approximate surface area is 102 Å². The van der Waals surface area contributed by atoms with Crippen LogP contribution < -0.4 is 0 Å². The van der Waals surface area contributed by atoms with Gasteiger partial charge in [0.25, 0.3) is 0 Å². The number of carbonyl (C=O) groups excluding carboxylic acids is 1. The average molecular weight is 234 g/mol. The van der Waals surface area contributed by atoms with Crippen LogP contribution in [0.4, 0.5) is 0 Å². The Balaban J connectivity index is 2.02. The van der Waals surface area contributed by atoms with E-state index in [9.17, 15) is 4.79 Å². The Hall–Kier alpha value is -1.34. The standard InChI is InChI=1S/C13H18N2O2/c1-10(2)11-4-6-15(7-5-11)12(16)13(14-3)8-17-9-13/h4,10H,5-9H2,1-2H3. The number of ether oxygens (including phenoxy) is 1. The third-order valence-corrected chi connectivity index (χ3v) is 3.57. The van der Waals surface area contributed by atoms with Crippen molar-refractivity contribution in [3.8, 4) is 0 Å². The summed E-state index contributed by atoms with van der Waals surface area (Å²) in [5.74, 6) is 0.493. The Kier molecular flexibility index (Phi) is 3.21. The lowest BCUT2D eigenvalue weighted by Crippen LogP contribution is -2.59. The molecule has 2 heterocycles. The third kappa shape index (κ3) is 2.07. The fraction of sp³-hybridized carbons (Fsp3) is 0.692. The van der Waals surface area contributed by atoms with Gasteiger partial charge in [0.2, 0.25) is 0 Å². The number of hydrogen-bond acceptors (Lipinski definition) is 2. The van der Waals surface area contributed by atoms with Gasteiger partial charge in [-0.1, -0.05) is 25.5 Å². The van der Waals surface area contributed by atoms with Gasteiger partial charge in [0.05, 0.1) is 0 Å². The highest BCUT2D eigenvalue weighted by atomic mass is 16.5. The highest BCUT2D eigenvalue weighted by Crippen LogP contribution is 2.27. The molecule has 1 saturated heterocycles. The van der Waals surface area contributed by atoms with Gasteiger partial charge in [-0.2, -0.15) is 0 Å². The van der Waals surface area contributed by atoms with E-state index >= 15 is 0 Å². The zero-order valence-electron chi connectivity index (χ0n) is 10.4. The quantitative estimate of drug-likeness (QED) is 0.536. The number of hydrogen-bond donors (Lipinski definition) is 0. The van der Waals surface area contributed by atoms with Crippen molar-refractivity contribution >= 4 is 5.91 Å². The second-order valence-corrected chi connectivity index (χ2v) is 5.07. The van der Waals surface area contributed by atoms with Crippen LogP contribution in [0.15, 0.2) is 11.6 Å². The van der Waals surface area contributed by atoms with E-state index in [-0.39, 0.29) is 19.1 Å². The van der Waals surface area contributed by atoms with E-state index in [0.29, 0.717) is 12.5 Å². The van der Waals surface area contributed by atoms with Crippen LogP contribution >= 0.6 is 0 Å². The summed E-state index contributed by atoms with van der Waals surface area (Å²) in [6, 6.07) is 0. The molecule has 0 N–H and O–H groups in total. The number of amides is 1. The molecule has 4 heteroatoms. The smallest absolute Gasteiger partial charge is 0.354 e. The maximum atomic E-state index is 12.2. The van der Waals surface area contributed by atoms with E-state index < -0.39 is 5.54 Å². The van der Waals surface area contributed by atoms with Gasteiger partial charge in [-0.3, -0.25) is 9.64 Å². The van der Waals surface area contributed by atoms with Crippen LogP contribution in [0, 0.1) is 12.5 Å². The van der Waals surface area contributed by atoms with Gasteiger partial charge in [0, 0.05) is 13.1 Å². The Morgan fingerprint density at radius 3 is 2.65 bits per heavy atom. The number of carbonyl (C=O) groups is 1. The van der Waals surface area contributed by atoms with Crippen molar-refractivity contribution in [3.05, 3.63) is 23.1 Å². The maximum Gasteiger partial charge on any atom is 0.354 e. The molecule has 17 heavy (non-hydrogen) atoms. The van der Waals surface area contributed by atoms with Gasteiger partial charge in [-0.25, -0.2) is 6.57 Å². The van der Waals surface area contributed by atoms with Gasteiger partial charge in [-0.05, 0) is 12.3 Å². The summed E-state index contributed by atoms with van der Waals surface area (Å²) in [5.41, 5.74) is 0.499. The maximum absolute atomic E-state index is 12.2. The average Bonchev–Trinajstić information content (AvgIpc) is 2.28. The Morgan fingerprint density at radius 2 is 2.29 bits per heavy atom. The topological polar surface area (TPSA) is 33.9 Å². The third-order valence-electron chi connectivity index (χ3n) is 3.57. The van der Waals surface area contributed by atoms with Crippen LogP contribution in [-0.2, 0) is 9.53 Å². The lowest BCUT2D eigenvalue weighted by Gasteiger charge is -2.35. The summed E-state index contributed by atoms with van der Waals surface area (Å²) in [5, 5.41) is 0. The first-order valence-electron chi connectivity index (χ1n) is 6.04. The summed E-state index contributed by atoms with van der Waals surface area (Å²) < 4.78 is 5.02. The van der Waals surface area contributed by atoms with Gasteiger partial charge >= 0.3 is 11.4 Å². The van der Waals surface area contributed by atoms with Crippen LogP contribution in [-0.4, -0.2) is 42.6 Å². The van der Waals surface area contributed by atoms with Crippen molar-refractivity contribution in [1.82, 2.24) is 4.90 Å². The fourth-order valence-electron chi connectivity index (χ4n) is 2.22. The van der Waals surface area contributed by atoms with Crippen LogP contribution in [0.5, 0.6) is 0 Å². The molecule has 2 aliphatic rings. The molecule has 4 nitrogen and oxygen atoms in total. The minimum atomic E-state index is -0.914. The zero-order chi connectivity index (χ0) is 12.5. The summed E-state index contributed by atoms with van der Waals surface area (Å²) in [6.45, 7) is 13.4. The van der Waals surface area contributed by atoms with Crippen molar-refractivity contribution in [2.45, 2.75) is 25.8 Å². The molecular weight excluding hydrogens is 216 g/mol. The SMILES string of the molecule is [C-]#[N+]C1(C(=O)N2CC=C(C(C)C)CC2)COC1. The lowest BCUT2D eigenvalue weighted by molar-refractivity contribution is -0.149. The van der Waals surface area contributed by atoms with Crippen molar-refractivity contribution in [1.29, 1.82) is 0 Å². The van der Waals surface area contributed by atoms with Gasteiger partial charge < -0.3 is 9.64 Å². The van der Waals surface area contributed by atoms with Gasteiger partial charge in [0.15, 0.2) is 0 Å². The molecule has 0 aromatic rings. The van der Waals surface area contributed by atoms with Crippen LogP contribution in [0.1, 0.15) is 20.3 Å².